The van der Waals surface area contributed by atoms with Gasteiger partial charge in [0.05, 0.1) is 0 Å². The van der Waals surface area contributed by atoms with Crippen LogP contribution in [0.1, 0.15) is 42.9 Å². The maximum atomic E-state index is 13.2. The average Bonchev–Trinajstić information content (AvgIpc) is 3.49. The first-order valence-corrected chi connectivity index (χ1v) is 11.3. The third-order valence-electron chi connectivity index (χ3n) is 6.77. The lowest BCUT2D eigenvalue weighted by atomic mass is 9.89. The van der Waals surface area contributed by atoms with Crippen LogP contribution >= 0.6 is 0 Å². The second kappa shape index (κ2) is 8.03. The summed E-state index contributed by atoms with van der Waals surface area (Å²) in [7, 11) is 0. The van der Waals surface area contributed by atoms with Crippen LogP contribution in [0.25, 0.3) is 0 Å². The van der Waals surface area contributed by atoms with E-state index in [-0.39, 0.29) is 5.91 Å². The van der Waals surface area contributed by atoms with Crippen LogP contribution in [-0.2, 0) is 32.8 Å². The third kappa shape index (κ3) is 3.75. The van der Waals surface area contributed by atoms with Crippen LogP contribution in [0.3, 0.4) is 0 Å². The number of fused-ring (bicyclic) bond motifs is 1. The van der Waals surface area contributed by atoms with Gasteiger partial charge >= 0.3 is 6.03 Å². The molecule has 0 aromatic heterocycles. The van der Waals surface area contributed by atoms with Gasteiger partial charge in [-0.15, -0.1) is 0 Å². The monoisotopic (exact) mass is 446 g/mol. The number of hydrogen-bond acceptors (Lipinski definition) is 4. The number of carbonyl (C=O) groups excluding carboxylic acids is 4. The number of aryl methyl sites for hydroxylation is 2. The van der Waals surface area contributed by atoms with E-state index in [0.29, 0.717) is 18.7 Å². The zero-order valence-corrected chi connectivity index (χ0v) is 18.5. The highest BCUT2D eigenvalue weighted by Crippen LogP contribution is 2.32. The van der Waals surface area contributed by atoms with Crippen molar-refractivity contribution in [1.29, 1.82) is 0 Å². The third-order valence-corrected chi connectivity index (χ3v) is 6.77. The summed E-state index contributed by atoms with van der Waals surface area (Å²) in [5, 5.41) is 5.51. The topological polar surface area (TPSA) is 98.8 Å². The van der Waals surface area contributed by atoms with Crippen LogP contribution in [-0.4, -0.2) is 41.7 Å². The minimum Gasteiger partial charge on any atom is -0.324 e. The number of rotatable bonds is 5. The lowest BCUT2D eigenvalue weighted by Crippen LogP contribution is -2.42. The van der Waals surface area contributed by atoms with Crippen LogP contribution in [0.2, 0.25) is 0 Å². The molecule has 2 aromatic carbocycles. The van der Waals surface area contributed by atoms with Crippen molar-refractivity contribution in [3.8, 4) is 0 Å². The fraction of sp³-hybridized carbons (Fsp3) is 0.360. The largest absolute Gasteiger partial charge is 0.325 e. The van der Waals surface area contributed by atoms with Gasteiger partial charge in [0.2, 0.25) is 11.8 Å². The summed E-state index contributed by atoms with van der Waals surface area (Å²) in [6.07, 6.45) is 4.42. The maximum absolute atomic E-state index is 13.2. The fourth-order valence-electron chi connectivity index (χ4n) is 4.94. The number of amides is 5. The summed E-state index contributed by atoms with van der Waals surface area (Å²) < 4.78 is 0. The van der Waals surface area contributed by atoms with E-state index in [1.165, 1.54) is 11.1 Å². The van der Waals surface area contributed by atoms with Crippen LogP contribution < -0.4 is 15.5 Å². The molecule has 0 spiro atoms. The number of imide groups is 1. The second-order valence-electron chi connectivity index (χ2n) is 9.03. The molecule has 2 heterocycles. The molecule has 170 valence electrons. The highest BCUT2D eigenvalue weighted by atomic mass is 16.2. The Bertz CT molecular complexity index is 1180. The zero-order chi connectivity index (χ0) is 23.2. The predicted molar refractivity (Wildman–Crippen MR) is 123 cm³/mol. The molecule has 0 radical (unpaired) electrons. The summed E-state index contributed by atoms with van der Waals surface area (Å²) in [4.78, 5) is 53.2. The zero-order valence-electron chi connectivity index (χ0n) is 18.5. The van der Waals surface area contributed by atoms with Gasteiger partial charge < -0.3 is 15.5 Å². The number of carbonyl (C=O) groups is 4. The van der Waals surface area contributed by atoms with E-state index in [1.807, 2.05) is 24.3 Å². The minimum atomic E-state index is -1.20. The fourth-order valence-corrected chi connectivity index (χ4v) is 4.94. The molecular formula is C25H26N4O4. The molecule has 33 heavy (non-hydrogen) atoms. The Hall–Kier alpha value is -3.68. The van der Waals surface area contributed by atoms with Crippen molar-refractivity contribution in [2.24, 2.45) is 0 Å². The van der Waals surface area contributed by atoms with Crippen LogP contribution in [0.4, 0.5) is 16.2 Å². The van der Waals surface area contributed by atoms with Crippen molar-refractivity contribution in [2.75, 3.05) is 23.3 Å². The number of benzene rings is 2. The number of nitrogens with zero attached hydrogens (tertiary/aromatic N) is 2. The quantitative estimate of drug-likeness (QED) is 0.690. The van der Waals surface area contributed by atoms with E-state index >= 15 is 0 Å². The normalized spacial score (nSPS) is 22.0. The molecule has 1 aliphatic carbocycles. The van der Waals surface area contributed by atoms with Crippen LogP contribution in [0, 0.1) is 0 Å². The molecule has 0 saturated carbocycles. The van der Waals surface area contributed by atoms with Gasteiger partial charge in [-0.3, -0.25) is 19.3 Å². The molecule has 5 rings (SSSR count). The number of nitrogens with one attached hydrogen (secondary N) is 2. The Kier molecular flexibility index (Phi) is 5.15. The number of anilines is 2. The first kappa shape index (κ1) is 21.2. The number of urea groups is 1. The molecule has 2 N–H and O–H groups in total. The summed E-state index contributed by atoms with van der Waals surface area (Å²) in [6.45, 7) is 1.94. The molecule has 3 aliphatic rings. The molecule has 2 saturated heterocycles. The molecule has 2 fully saturated rings. The minimum absolute atomic E-state index is 0.0589. The smallest absolute Gasteiger partial charge is 0.324 e. The van der Waals surface area contributed by atoms with Crippen LogP contribution in [0.15, 0.2) is 42.5 Å². The van der Waals surface area contributed by atoms with Crippen LogP contribution in [0.5, 0.6) is 0 Å². The lowest BCUT2D eigenvalue weighted by Gasteiger charge is -2.23. The van der Waals surface area contributed by atoms with E-state index < -0.39 is 29.9 Å². The molecule has 1 unspecified atom stereocenters. The van der Waals surface area contributed by atoms with Gasteiger partial charge in [-0.05, 0) is 67.5 Å². The standard InChI is InChI=1S/C25H26N4O4/c1-25(18-11-10-16-5-2-6-17(16)13-18)23(32)29(24(33)27-25)15-21(30)26-19-7-3-8-20(14-19)28-12-4-9-22(28)31/h3,7-8,10-11,13-14H,2,4-6,9,12,15H2,1H3,(H,26,30)(H,27,33). The predicted octanol–water partition coefficient (Wildman–Crippen LogP) is 2.71. The van der Waals surface area contributed by atoms with Gasteiger partial charge in [-0.1, -0.05) is 24.3 Å². The van der Waals surface area contributed by atoms with Crippen molar-refractivity contribution in [1.82, 2.24) is 10.2 Å². The molecule has 5 amide bonds. The summed E-state index contributed by atoms with van der Waals surface area (Å²) in [5.41, 5.74) is 3.24. The molecule has 1 atom stereocenters. The SMILES string of the molecule is CC1(c2ccc3c(c2)CCC3)NC(=O)N(CC(=O)Nc2cccc(N3CCCC3=O)c2)C1=O. The van der Waals surface area contributed by atoms with E-state index in [1.54, 1.807) is 30.0 Å². The molecule has 8 heteroatoms. The van der Waals surface area contributed by atoms with Gasteiger partial charge in [0, 0.05) is 24.3 Å². The van der Waals surface area contributed by atoms with E-state index in [2.05, 4.69) is 10.6 Å². The van der Waals surface area contributed by atoms with Gasteiger partial charge in [0.15, 0.2) is 0 Å². The van der Waals surface area contributed by atoms with Gasteiger partial charge in [0.25, 0.3) is 5.91 Å². The summed E-state index contributed by atoms with van der Waals surface area (Å²) in [6, 6.07) is 12.3. The van der Waals surface area contributed by atoms with Crippen molar-refractivity contribution in [3.05, 3.63) is 59.2 Å². The maximum Gasteiger partial charge on any atom is 0.325 e. The van der Waals surface area contributed by atoms with E-state index in [0.717, 1.165) is 41.8 Å². The van der Waals surface area contributed by atoms with Crippen molar-refractivity contribution < 1.29 is 19.2 Å². The molecule has 2 aromatic rings. The Morgan fingerprint density at radius 1 is 1.03 bits per heavy atom. The Morgan fingerprint density at radius 2 is 1.85 bits per heavy atom. The number of hydrogen-bond donors (Lipinski definition) is 2. The first-order valence-electron chi connectivity index (χ1n) is 11.3. The second-order valence-corrected chi connectivity index (χ2v) is 9.03. The highest BCUT2D eigenvalue weighted by molar-refractivity contribution is 6.10. The molecule has 8 nitrogen and oxygen atoms in total. The average molecular weight is 447 g/mol. The van der Waals surface area contributed by atoms with Crippen molar-refractivity contribution in [3.63, 3.8) is 0 Å². The Morgan fingerprint density at radius 3 is 2.64 bits per heavy atom. The first-order chi connectivity index (χ1) is 15.8. The summed E-state index contributed by atoms with van der Waals surface area (Å²) in [5.74, 6) is -0.873. The van der Waals surface area contributed by atoms with Gasteiger partial charge in [0.1, 0.15) is 12.1 Å². The van der Waals surface area contributed by atoms with E-state index in [9.17, 15) is 19.2 Å². The van der Waals surface area contributed by atoms with E-state index in [4.69, 9.17) is 0 Å². The Labute approximate surface area is 191 Å². The molecule has 0 bridgehead atoms. The lowest BCUT2D eigenvalue weighted by molar-refractivity contribution is -0.133. The van der Waals surface area contributed by atoms with Crippen molar-refractivity contribution in [2.45, 2.75) is 44.6 Å². The van der Waals surface area contributed by atoms with Gasteiger partial charge in [-0.25, -0.2) is 4.79 Å². The molecule has 2 aliphatic heterocycles. The van der Waals surface area contributed by atoms with Crippen molar-refractivity contribution >= 4 is 35.1 Å². The summed E-state index contributed by atoms with van der Waals surface area (Å²) >= 11 is 0. The Balaban J connectivity index is 1.29. The van der Waals surface area contributed by atoms with Gasteiger partial charge in [-0.2, -0.15) is 0 Å². The highest BCUT2D eigenvalue weighted by Gasteiger charge is 2.49. The molecular weight excluding hydrogens is 420 g/mol.